The Morgan fingerprint density at radius 1 is 1.15 bits per heavy atom. The van der Waals surface area contributed by atoms with Gasteiger partial charge in [-0.25, -0.2) is 4.99 Å². The number of amidine groups is 1. The lowest BCUT2D eigenvalue weighted by Gasteiger charge is -2.17. The first-order valence-corrected chi connectivity index (χ1v) is 7.40. The molecule has 4 atom stereocenters. The van der Waals surface area contributed by atoms with Crippen LogP contribution in [-0.4, -0.2) is 18.0 Å². The van der Waals surface area contributed by atoms with Crippen LogP contribution >= 0.6 is 0 Å². The zero-order valence-electron chi connectivity index (χ0n) is 11.3. The smallest absolute Gasteiger partial charge is 0.292 e. The molecule has 104 valence electrons. The van der Waals surface area contributed by atoms with Crippen molar-refractivity contribution in [2.45, 2.75) is 37.8 Å². The summed E-state index contributed by atoms with van der Waals surface area (Å²) in [7, 11) is 0. The highest BCUT2D eigenvalue weighted by molar-refractivity contribution is 6.02. The molecule has 1 aromatic rings. The van der Waals surface area contributed by atoms with Gasteiger partial charge in [0.2, 0.25) is 6.10 Å². The normalized spacial score (nSPS) is 37.2. The lowest BCUT2D eigenvalue weighted by Crippen LogP contribution is -2.25. The number of hydrogen-bond donors (Lipinski definition) is 1. The monoisotopic (exact) mass is 270 g/mol. The van der Waals surface area contributed by atoms with Crippen LogP contribution in [0.15, 0.2) is 35.3 Å². The van der Waals surface area contributed by atoms with Crippen LogP contribution < -0.4 is 5.32 Å². The molecule has 4 rings (SSSR count). The molecule has 1 aromatic carbocycles. The topological polar surface area (TPSA) is 50.7 Å². The summed E-state index contributed by atoms with van der Waals surface area (Å²) in [5.74, 6) is 1.43. The highest BCUT2D eigenvalue weighted by Crippen LogP contribution is 2.46. The molecule has 4 unspecified atom stereocenters. The van der Waals surface area contributed by atoms with Gasteiger partial charge in [0, 0.05) is 5.56 Å². The number of fused-ring (bicyclic) bond motifs is 2. The second-order valence-electron chi connectivity index (χ2n) is 6.07. The van der Waals surface area contributed by atoms with Gasteiger partial charge in [-0.1, -0.05) is 36.8 Å². The highest BCUT2D eigenvalue weighted by atomic mass is 16.5. The van der Waals surface area contributed by atoms with Crippen LogP contribution in [0, 0.1) is 11.8 Å². The fraction of sp³-hybridized carbons (Fsp3) is 0.500. The molecule has 2 bridgehead atoms. The molecule has 20 heavy (non-hydrogen) atoms. The largest absolute Gasteiger partial charge is 0.447 e. The third-order valence-electron chi connectivity index (χ3n) is 4.78. The highest BCUT2D eigenvalue weighted by Gasteiger charge is 2.41. The molecule has 1 heterocycles. The summed E-state index contributed by atoms with van der Waals surface area (Å²) in [5.41, 5.74) is 0.878. The van der Waals surface area contributed by atoms with E-state index in [2.05, 4.69) is 10.3 Å². The molecule has 4 nitrogen and oxygen atoms in total. The molecule has 2 saturated carbocycles. The predicted octanol–water partition coefficient (Wildman–Crippen LogP) is 2.42. The molecule has 3 aliphatic rings. The van der Waals surface area contributed by atoms with E-state index in [4.69, 9.17) is 4.74 Å². The Bertz CT molecular complexity index is 555. The first-order valence-electron chi connectivity index (χ1n) is 7.40. The number of aliphatic imine (C=N–C) groups is 1. The summed E-state index contributed by atoms with van der Waals surface area (Å²) in [4.78, 5) is 16.6. The maximum atomic E-state index is 12.0. The SMILES string of the molecule is O=C1NC(=NC2CC3CCC2C3)OC1c1ccccc1. The number of ether oxygens (including phenoxy) is 1. The number of hydrogen-bond acceptors (Lipinski definition) is 3. The van der Waals surface area contributed by atoms with Gasteiger partial charge in [-0.05, 0) is 31.1 Å². The zero-order valence-corrected chi connectivity index (χ0v) is 11.3. The molecule has 3 fully saturated rings. The second kappa shape index (κ2) is 4.62. The number of nitrogens with one attached hydrogen (secondary N) is 1. The van der Waals surface area contributed by atoms with Crippen molar-refractivity contribution in [3.63, 3.8) is 0 Å². The van der Waals surface area contributed by atoms with Gasteiger partial charge in [0.1, 0.15) is 0 Å². The van der Waals surface area contributed by atoms with Crippen LogP contribution in [0.5, 0.6) is 0 Å². The lowest BCUT2D eigenvalue weighted by atomic mass is 9.96. The third-order valence-corrected chi connectivity index (χ3v) is 4.78. The van der Waals surface area contributed by atoms with Crippen molar-refractivity contribution in [2.75, 3.05) is 0 Å². The predicted molar refractivity (Wildman–Crippen MR) is 75.1 cm³/mol. The maximum Gasteiger partial charge on any atom is 0.292 e. The van der Waals surface area contributed by atoms with Gasteiger partial charge in [0.15, 0.2) is 0 Å². The Morgan fingerprint density at radius 2 is 2.00 bits per heavy atom. The number of carbonyl (C=O) groups is 1. The number of benzene rings is 1. The van der Waals surface area contributed by atoms with E-state index in [0.29, 0.717) is 18.0 Å². The van der Waals surface area contributed by atoms with Gasteiger partial charge in [0.25, 0.3) is 11.9 Å². The van der Waals surface area contributed by atoms with E-state index in [1.807, 2.05) is 30.3 Å². The molecule has 1 saturated heterocycles. The summed E-state index contributed by atoms with van der Waals surface area (Å²) in [6.07, 6.45) is 4.54. The Hall–Kier alpha value is -1.84. The zero-order chi connectivity index (χ0) is 13.5. The Morgan fingerprint density at radius 3 is 2.70 bits per heavy atom. The number of rotatable bonds is 2. The van der Waals surface area contributed by atoms with Crippen molar-refractivity contribution in [3.05, 3.63) is 35.9 Å². The van der Waals surface area contributed by atoms with Gasteiger partial charge in [-0.15, -0.1) is 0 Å². The molecule has 4 heteroatoms. The van der Waals surface area contributed by atoms with Crippen LogP contribution in [0.1, 0.15) is 37.4 Å². The van der Waals surface area contributed by atoms with Crippen molar-refractivity contribution < 1.29 is 9.53 Å². The van der Waals surface area contributed by atoms with E-state index in [9.17, 15) is 4.79 Å². The van der Waals surface area contributed by atoms with E-state index in [-0.39, 0.29) is 5.91 Å². The molecule has 0 radical (unpaired) electrons. The summed E-state index contributed by atoms with van der Waals surface area (Å²) >= 11 is 0. The van der Waals surface area contributed by atoms with E-state index in [0.717, 1.165) is 17.9 Å². The molecule has 1 aliphatic heterocycles. The van der Waals surface area contributed by atoms with Gasteiger partial charge < -0.3 is 4.74 Å². The first kappa shape index (κ1) is 11.9. The fourth-order valence-electron chi connectivity index (χ4n) is 3.80. The van der Waals surface area contributed by atoms with E-state index in [1.54, 1.807) is 0 Å². The Kier molecular flexibility index (Phi) is 2.76. The molecule has 2 aliphatic carbocycles. The molecule has 1 amide bonds. The van der Waals surface area contributed by atoms with Crippen LogP contribution in [0.4, 0.5) is 0 Å². The van der Waals surface area contributed by atoms with Crippen LogP contribution in [0.3, 0.4) is 0 Å². The van der Waals surface area contributed by atoms with Crippen molar-refractivity contribution in [2.24, 2.45) is 16.8 Å². The third kappa shape index (κ3) is 1.99. The van der Waals surface area contributed by atoms with Crippen LogP contribution in [-0.2, 0) is 9.53 Å². The summed E-state index contributed by atoms with van der Waals surface area (Å²) < 4.78 is 5.72. The van der Waals surface area contributed by atoms with Crippen molar-refractivity contribution in [1.82, 2.24) is 5.32 Å². The molecule has 1 N–H and O–H groups in total. The maximum absolute atomic E-state index is 12.0. The lowest BCUT2D eigenvalue weighted by molar-refractivity contribution is -0.123. The fourth-order valence-corrected chi connectivity index (χ4v) is 3.80. The molecular formula is C16H18N2O2. The van der Waals surface area contributed by atoms with E-state index < -0.39 is 6.10 Å². The van der Waals surface area contributed by atoms with Crippen molar-refractivity contribution in [1.29, 1.82) is 0 Å². The van der Waals surface area contributed by atoms with Crippen LogP contribution in [0.25, 0.3) is 0 Å². The standard InChI is InChI=1S/C16H18N2O2/c19-15-14(11-4-2-1-3-5-11)20-16(18-15)17-13-9-10-6-7-12(13)8-10/h1-5,10,12-14H,6-9H2,(H,17,18,19). The Balaban J connectivity index is 1.51. The van der Waals surface area contributed by atoms with Crippen molar-refractivity contribution in [3.8, 4) is 0 Å². The van der Waals surface area contributed by atoms with Gasteiger partial charge >= 0.3 is 0 Å². The first-order chi connectivity index (χ1) is 9.79. The number of nitrogens with zero attached hydrogens (tertiary/aromatic N) is 1. The van der Waals surface area contributed by atoms with Gasteiger partial charge in [0.05, 0.1) is 6.04 Å². The van der Waals surface area contributed by atoms with E-state index >= 15 is 0 Å². The summed E-state index contributed by atoms with van der Waals surface area (Å²) in [6.45, 7) is 0. The Labute approximate surface area is 118 Å². The average molecular weight is 270 g/mol. The molecular weight excluding hydrogens is 252 g/mol. The minimum Gasteiger partial charge on any atom is -0.447 e. The summed E-state index contributed by atoms with van der Waals surface area (Å²) in [5, 5.41) is 2.78. The minimum atomic E-state index is -0.548. The quantitative estimate of drug-likeness (QED) is 0.897. The summed E-state index contributed by atoms with van der Waals surface area (Å²) in [6, 6.07) is 10.3. The van der Waals surface area contributed by atoms with Gasteiger partial charge in [-0.3, -0.25) is 10.1 Å². The van der Waals surface area contributed by atoms with Crippen molar-refractivity contribution >= 4 is 11.9 Å². The van der Waals surface area contributed by atoms with Gasteiger partial charge in [-0.2, -0.15) is 0 Å². The second-order valence-corrected chi connectivity index (χ2v) is 6.07. The molecule has 0 aromatic heterocycles. The number of amides is 1. The van der Waals surface area contributed by atoms with E-state index in [1.165, 1.54) is 19.3 Å². The van der Waals surface area contributed by atoms with Crippen LogP contribution in [0.2, 0.25) is 0 Å². The minimum absolute atomic E-state index is 0.113. The molecule has 0 spiro atoms. The average Bonchev–Trinajstić information content (AvgIpc) is 3.16. The number of carbonyl (C=O) groups excluding carboxylic acids is 1.